The van der Waals surface area contributed by atoms with Crippen molar-refractivity contribution in [3.05, 3.63) is 101 Å². The van der Waals surface area contributed by atoms with Crippen LogP contribution in [0.4, 0.5) is 27.6 Å². The van der Waals surface area contributed by atoms with E-state index in [2.05, 4.69) is 10.6 Å². The van der Waals surface area contributed by atoms with Gasteiger partial charge in [-0.25, -0.2) is 8.78 Å². The van der Waals surface area contributed by atoms with Crippen LogP contribution in [0.1, 0.15) is 44.7 Å². The van der Waals surface area contributed by atoms with Gasteiger partial charge in [-0.05, 0) is 54.8 Å². The molecule has 1 saturated heterocycles. The van der Waals surface area contributed by atoms with Crippen molar-refractivity contribution in [1.29, 1.82) is 0 Å². The standard InChI is InChI=1S/C27H24F5N3O2/c28-19-8-9-21(23(29)15-19)26(37)34-20-10-12-35(13-11-20)24-7-2-1-6-22(24)25(36)33-16-17-4-3-5-18(14-17)27(30,31)32/h1-9,14-15,20H,10-13,16H2,(H,33,36)(H,34,37). The van der Waals surface area contributed by atoms with Crippen LogP contribution in [-0.4, -0.2) is 30.9 Å². The van der Waals surface area contributed by atoms with E-state index >= 15 is 0 Å². The summed E-state index contributed by atoms with van der Waals surface area (Å²) in [5, 5.41) is 5.45. The van der Waals surface area contributed by atoms with E-state index in [9.17, 15) is 31.5 Å². The van der Waals surface area contributed by atoms with Gasteiger partial charge in [-0.3, -0.25) is 9.59 Å². The number of benzene rings is 3. The van der Waals surface area contributed by atoms with Crippen LogP contribution in [0.2, 0.25) is 0 Å². The molecule has 2 N–H and O–H groups in total. The molecule has 3 aromatic rings. The van der Waals surface area contributed by atoms with Crippen LogP contribution in [0, 0.1) is 11.6 Å². The molecule has 5 nitrogen and oxygen atoms in total. The Hall–Kier alpha value is -3.95. The summed E-state index contributed by atoms with van der Waals surface area (Å²) in [7, 11) is 0. The number of carbonyl (C=O) groups is 2. The number of anilines is 1. The van der Waals surface area contributed by atoms with Gasteiger partial charge >= 0.3 is 6.18 Å². The van der Waals surface area contributed by atoms with E-state index < -0.39 is 35.2 Å². The van der Waals surface area contributed by atoms with Gasteiger partial charge in [0.1, 0.15) is 11.6 Å². The first kappa shape index (κ1) is 26.1. The van der Waals surface area contributed by atoms with E-state index in [4.69, 9.17) is 0 Å². The number of carbonyl (C=O) groups excluding carboxylic acids is 2. The normalized spacial score (nSPS) is 14.4. The van der Waals surface area contributed by atoms with Gasteiger partial charge in [0.25, 0.3) is 11.8 Å². The van der Waals surface area contributed by atoms with E-state index in [0.29, 0.717) is 48.8 Å². The Bertz CT molecular complexity index is 1290. The second-order valence-corrected chi connectivity index (χ2v) is 8.76. The van der Waals surface area contributed by atoms with E-state index in [-0.39, 0.29) is 18.2 Å². The maximum Gasteiger partial charge on any atom is 0.416 e. The summed E-state index contributed by atoms with van der Waals surface area (Å²) in [6.07, 6.45) is -3.39. The Morgan fingerprint density at radius 1 is 0.865 bits per heavy atom. The summed E-state index contributed by atoms with van der Waals surface area (Å²) in [5.41, 5.74) is 0.363. The lowest BCUT2D eigenvalue weighted by Gasteiger charge is -2.35. The summed E-state index contributed by atoms with van der Waals surface area (Å²) >= 11 is 0. The van der Waals surface area contributed by atoms with Gasteiger partial charge < -0.3 is 15.5 Å². The molecule has 1 heterocycles. The highest BCUT2D eigenvalue weighted by Gasteiger charge is 2.30. The summed E-state index contributed by atoms with van der Waals surface area (Å²) in [6.45, 7) is 0.953. The van der Waals surface area contributed by atoms with E-state index in [1.165, 1.54) is 12.1 Å². The molecule has 194 valence electrons. The fourth-order valence-corrected chi connectivity index (χ4v) is 4.28. The van der Waals surface area contributed by atoms with Crippen LogP contribution in [0.5, 0.6) is 0 Å². The molecule has 0 aromatic heterocycles. The third-order valence-corrected chi connectivity index (χ3v) is 6.20. The van der Waals surface area contributed by atoms with Crippen molar-refractivity contribution in [1.82, 2.24) is 10.6 Å². The van der Waals surface area contributed by atoms with Crippen molar-refractivity contribution in [2.24, 2.45) is 0 Å². The zero-order valence-corrected chi connectivity index (χ0v) is 19.6. The van der Waals surface area contributed by atoms with Crippen LogP contribution in [0.25, 0.3) is 0 Å². The number of nitrogens with one attached hydrogen (secondary N) is 2. The summed E-state index contributed by atoms with van der Waals surface area (Å²) < 4.78 is 65.9. The average molecular weight is 517 g/mol. The number of hydrogen-bond donors (Lipinski definition) is 2. The predicted molar refractivity (Wildman–Crippen MR) is 128 cm³/mol. The highest BCUT2D eigenvalue weighted by atomic mass is 19.4. The van der Waals surface area contributed by atoms with Crippen molar-refractivity contribution in [3.8, 4) is 0 Å². The largest absolute Gasteiger partial charge is 0.416 e. The molecule has 4 rings (SSSR count). The van der Waals surface area contributed by atoms with Gasteiger partial charge in [-0.15, -0.1) is 0 Å². The van der Waals surface area contributed by atoms with Gasteiger partial charge in [0.05, 0.1) is 16.7 Å². The average Bonchev–Trinajstić information content (AvgIpc) is 2.87. The summed E-state index contributed by atoms with van der Waals surface area (Å²) in [4.78, 5) is 27.3. The van der Waals surface area contributed by atoms with Gasteiger partial charge in [0.15, 0.2) is 0 Å². The van der Waals surface area contributed by atoms with E-state index in [1.807, 2.05) is 4.90 Å². The highest BCUT2D eigenvalue weighted by Crippen LogP contribution is 2.30. The molecule has 2 amide bonds. The molecular formula is C27H24F5N3O2. The van der Waals surface area contributed by atoms with Gasteiger partial charge in [0.2, 0.25) is 0 Å². The number of nitrogens with zero attached hydrogens (tertiary/aromatic N) is 1. The molecule has 0 aliphatic carbocycles. The number of hydrogen-bond acceptors (Lipinski definition) is 3. The van der Waals surface area contributed by atoms with Crippen LogP contribution in [0.15, 0.2) is 66.7 Å². The van der Waals surface area contributed by atoms with Crippen molar-refractivity contribution in [2.45, 2.75) is 31.6 Å². The van der Waals surface area contributed by atoms with Crippen LogP contribution in [-0.2, 0) is 12.7 Å². The molecule has 1 aliphatic rings. The van der Waals surface area contributed by atoms with Gasteiger partial charge in [-0.2, -0.15) is 13.2 Å². The van der Waals surface area contributed by atoms with E-state index in [1.54, 1.807) is 24.3 Å². The quantitative estimate of drug-likeness (QED) is 0.436. The third kappa shape index (κ3) is 6.44. The number of alkyl halides is 3. The Labute approximate surface area is 210 Å². The molecule has 0 atom stereocenters. The molecule has 0 bridgehead atoms. The Morgan fingerprint density at radius 2 is 1.59 bits per heavy atom. The fraction of sp³-hybridized carbons (Fsp3) is 0.259. The van der Waals surface area contributed by atoms with Crippen LogP contribution in [0.3, 0.4) is 0 Å². The minimum Gasteiger partial charge on any atom is -0.371 e. The first-order chi connectivity index (χ1) is 17.6. The highest BCUT2D eigenvalue weighted by molar-refractivity contribution is 5.99. The SMILES string of the molecule is O=C(NC1CCN(c2ccccc2C(=O)NCc2cccc(C(F)(F)F)c2)CC1)c1ccc(F)cc1F. The maximum absolute atomic E-state index is 13.9. The zero-order valence-electron chi connectivity index (χ0n) is 19.6. The maximum atomic E-state index is 13.9. The second kappa shape index (κ2) is 11.0. The number of piperidine rings is 1. The molecule has 0 saturated carbocycles. The lowest BCUT2D eigenvalue weighted by atomic mass is 10.0. The van der Waals surface area contributed by atoms with Gasteiger partial charge in [-0.1, -0.05) is 24.3 Å². The third-order valence-electron chi connectivity index (χ3n) is 6.20. The van der Waals surface area contributed by atoms with E-state index in [0.717, 1.165) is 24.3 Å². The number of amides is 2. The molecule has 1 aliphatic heterocycles. The lowest BCUT2D eigenvalue weighted by molar-refractivity contribution is -0.137. The predicted octanol–water partition coefficient (Wildman–Crippen LogP) is 5.31. The number of rotatable bonds is 6. The topological polar surface area (TPSA) is 61.4 Å². The molecule has 1 fully saturated rings. The van der Waals surface area contributed by atoms with Crippen LogP contribution < -0.4 is 15.5 Å². The summed E-state index contributed by atoms with van der Waals surface area (Å²) in [6, 6.07) is 14.3. The molecule has 10 heteroatoms. The molecular weight excluding hydrogens is 493 g/mol. The molecule has 3 aromatic carbocycles. The molecule has 0 spiro atoms. The fourth-order valence-electron chi connectivity index (χ4n) is 4.28. The first-order valence-corrected chi connectivity index (χ1v) is 11.7. The molecule has 0 radical (unpaired) electrons. The number of para-hydroxylation sites is 1. The Kier molecular flexibility index (Phi) is 7.75. The minimum atomic E-state index is -4.47. The smallest absolute Gasteiger partial charge is 0.371 e. The number of halogens is 5. The summed E-state index contributed by atoms with van der Waals surface area (Å²) in [5.74, 6) is -2.74. The molecule has 0 unspecified atom stereocenters. The lowest BCUT2D eigenvalue weighted by Crippen LogP contribution is -2.45. The van der Waals surface area contributed by atoms with Crippen LogP contribution >= 0.6 is 0 Å². The van der Waals surface area contributed by atoms with Crippen molar-refractivity contribution < 1.29 is 31.5 Å². The Morgan fingerprint density at radius 3 is 2.30 bits per heavy atom. The monoisotopic (exact) mass is 517 g/mol. The minimum absolute atomic E-state index is 0.0643. The van der Waals surface area contributed by atoms with Crippen molar-refractivity contribution >= 4 is 17.5 Å². The molecule has 37 heavy (non-hydrogen) atoms. The first-order valence-electron chi connectivity index (χ1n) is 11.7. The van der Waals surface area contributed by atoms with Crippen molar-refractivity contribution in [3.63, 3.8) is 0 Å². The van der Waals surface area contributed by atoms with Crippen molar-refractivity contribution in [2.75, 3.05) is 18.0 Å². The zero-order chi connectivity index (χ0) is 26.6. The van der Waals surface area contributed by atoms with Gasteiger partial charge in [0, 0.05) is 37.4 Å². The Balaban J connectivity index is 1.36. The second-order valence-electron chi connectivity index (χ2n) is 8.76.